The standard InChI is InChI=1S/C31H52O/c1-21(2)9-8-10-22(3)24-12-13-25-23-11-14-27-30(5,26(23)15-19-29(24,25)4)20-16-28(32)31(27)17-6-7-18-31/h21-22,24,26-28,32H,6-20H2,1-5H3/t22-,24-,26+,27?,28+,29-,30-/m1/s1. The van der Waals surface area contributed by atoms with Crippen LogP contribution in [0.1, 0.15) is 131 Å². The lowest BCUT2D eigenvalue weighted by Gasteiger charge is -2.62. The minimum absolute atomic E-state index is 0.0197. The second-order valence-corrected chi connectivity index (χ2v) is 14.1. The van der Waals surface area contributed by atoms with Crippen molar-refractivity contribution < 1.29 is 5.11 Å². The van der Waals surface area contributed by atoms with Gasteiger partial charge in [-0.2, -0.15) is 0 Å². The average Bonchev–Trinajstić information content (AvgIpc) is 3.36. The van der Waals surface area contributed by atoms with Gasteiger partial charge in [-0.1, -0.05) is 77.9 Å². The second kappa shape index (κ2) is 8.42. The second-order valence-electron chi connectivity index (χ2n) is 14.1. The average molecular weight is 441 g/mol. The van der Waals surface area contributed by atoms with Crippen molar-refractivity contribution in [2.24, 2.45) is 45.8 Å². The van der Waals surface area contributed by atoms with Gasteiger partial charge in [-0.05, 0) is 110 Å². The first-order chi connectivity index (χ1) is 15.2. The summed E-state index contributed by atoms with van der Waals surface area (Å²) in [5.74, 6) is 4.24. The Bertz CT molecular complexity index is 727. The predicted molar refractivity (Wildman–Crippen MR) is 135 cm³/mol. The summed E-state index contributed by atoms with van der Waals surface area (Å²) in [5.41, 5.74) is 5.10. The van der Waals surface area contributed by atoms with Crippen LogP contribution >= 0.6 is 0 Å². The molecule has 1 unspecified atom stereocenters. The first kappa shape index (κ1) is 23.4. The van der Waals surface area contributed by atoms with Crippen molar-refractivity contribution >= 4 is 0 Å². The molecule has 0 radical (unpaired) electrons. The van der Waals surface area contributed by atoms with Crippen LogP contribution in [-0.2, 0) is 0 Å². The number of aliphatic hydroxyl groups excluding tert-OH is 1. The molecule has 0 saturated heterocycles. The van der Waals surface area contributed by atoms with Crippen LogP contribution < -0.4 is 0 Å². The van der Waals surface area contributed by atoms with E-state index in [2.05, 4.69) is 34.6 Å². The highest BCUT2D eigenvalue weighted by Gasteiger charge is 2.62. The maximum absolute atomic E-state index is 11.2. The van der Waals surface area contributed by atoms with E-state index in [1.165, 1.54) is 89.9 Å². The lowest BCUT2D eigenvalue weighted by molar-refractivity contribution is -0.143. The van der Waals surface area contributed by atoms with Crippen molar-refractivity contribution in [2.75, 3.05) is 0 Å². The molecule has 0 aliphatic heterocycles. The number of rotatable bonds is 5. The SMILES string of the molecule is CC(C)CCC[C@@H](C)[C@H]1CCC2=C3CCC4C5(CCCC5)[C@@H](O)CC[C@]4(C)[C@H]3CC[C@@]21C. The quantitative estimate of drug-likeness (QED) is 0.424. The van der Waals surface area contributed by atoms with Gasteiger partial charge >= 0.3 is 0 Å². The normalized spacial score (nSPS) is 44.0. The van der Waals surface area contributed by atoms with Crippen molar-refractivity contribution in [3.05, 3.63) is 11.1 Å². The number of aliphatic hydroxyl groups is 1. The summed E-state index contributed by atoms with van der Waals surface area (Å²) in [6, 6.07) is 0. The summed E-state index contributed by atoms with van der Waals surface area (Å²) in [4.78, 5) is 0. The topological polar surface area (TPSA) is 20.2 Å². The Hall–Kier alpha value is -0.300. The van der Waals surface area contributed by atoms with E-state index in [1.54, 1.807) is 0 Å². The van der Waals surface area contributed by atoms with Crippen LogP contribution in [-0.4, -0.2) is 11.2 Å². The number of hydrogen-bond donors (Lipinski definition) is 1. The van der Waals surface area contributed by atoms with Gasteiger partial charge in [0.15, 0.2) is 0 Å². The molecule has 1 nitrogen and oxygen atoms in total. The third-order valence-electron chi connectivity index (χ3n) is 12.2. The van der Waals surface area contributed by atoms with E-state index in [4.69, 9.17) is 0 Å². The zero-order valence-corrected chi connectivity index (χ0v) is 22.0. The van der Waals surface area contributed by atoms with E-state index in [1.807, 2.05) is 11.1 Å². The fourth-order valence-corrected chi connectivity index (χ4v) is 10.7. The van der Waals surface area contributed by atoms with E-state index < -0.39 is 0 Å². The molecule has 0 heterocycles. The maximum atomic E-state index is 11.2. The highest BCUT2D eigenvalue weighted by atomic mass is 16.3. The van der Waals surface area contributed by atoms with Gasteiger partial charge in [0.1, 0.15) is 0 Å². The van der Waals surface area contributed by atoms with E-state index in [0.717, 1.165) is 36.0 Å². The summed E-state index contributed by atoms with van der Waals surface area (Å²) in [6.45, 7) is 12.7. The Morgan fingerprint density at radius 2 is 1.62 bits per heavy atom. The van der Waals surface area contributed by atoms with Gasteiger partial charge in [0, 0.05) is 0 Å². The lowest BCUT2D eigenvalue weighted by Crippen LogP contribution is -2.57. The molecule has 182 valence electrons. The zero-order valence-electron chi connectivity index (χ0n) is 22.0. The Kier molecular flexibility index (Phi) is 6.17. The molecule has 1 N–H and O–H groups in total. The Morgan fingerprint density at radius 3 is 2.34 bits per heavy atom. The van der Waals surface area contributed by atoms with Crippen molar-refractivity contribution in [1.29, 1.82) is 0 Å². The van der Waals surface area contributed by atoms with Gasteiger partial charge in [0.05, 0.1) is 6.10 Å². The van der Waals surface area contributed by atoms with E-state index in [0.29, 0.717) is 10.8 Å². The van der Waals surface area contributed by atoms with Gasteiger partial charge < -0.3 is 5.11 Å². The highest BCUT2D eigenvalue weighted by molar-refractivity contribution is 5.35. The first-order valence-corrected chi connectivity index (χ1v) is 14.6. The number of hydrogen-bond acceptors (Lipinski definition) is 1. The zero-order chi connectivity index (χ0) is 22.7. The molecule has 1 spiro atoms. The third-order valence-corrected chi connectivity index (χ3v) is 12.2. The fraction of sp³-hybridized carbons (Fsp3) is 0.935. The maximum Gasteiger partial charge on any atom is 0.0599 e. The monoisotopic (exact) mass is 440 g/mol. The van der Waals surface area contributed by atoms with Crippen LogP contribution in [0.25, 0.3) is 0 Å². The Labute approximate surface area is 199 Å². The minimum Gasteiger partial charge on any atom is -0.393 e. The minimum atomic E-state index is -0.0197. The lowest BCUT2D eigenvalue weighted by atomic mass is 9.43. The van der Waals surface area contributed by atoms with Crippen LogP contribution in [0, 0.1) is 45.8 Å². The molecule has 0 amide bonds. The Balaban J connectivity index is 1.40. The molecular formula is C31H52O. The van der Waals surface area contributed by atoms with Crippen molar-refractivity contribution in [2.45, 2.75) is 137 Å². The van der Waals surface area contributed by atoms with E-state index in [-0.39, 0.29) is 11.5 Å². The molecule has 1 heteroatoms. The van der Waals surface area contributed by atoms with Gasteiger partial charge in [-0.15, -0.1) is 0 Å². The van der Waals surface area contributed by atoms with Gasteiger partial charge in [0.25, 0.3) is 0 Å². The predicted octanol–water partition coefficient (Wildman–Crippen LogP) is 8.70. The molecular weight excluding hydrogens is 388 g/mol. The first-order valence-electron chi connectivity index (χ1n) is 14.6. The fourth-order valence-electron chi connectivity index (χ4n) is 10.7. The largest absolute Gasteiger partial charge is 0.393 e. The summed E-state index contributed by atoms with van der Waals surface area (Å²) in [5, 5.41) is 11.2. The third kappa shape index (κ3) is 3.41. The number of allylic oxidation sites excluding steroid dienone is 2. The van der Waals surface area contributed by atoms with Crippen LogP contribution in [0.2, 0.25) is 0 Å². The summed E-state index contributed by atoms with van der Waals surface area (Å²) in [6.07, 6.45) is 20.4. The molecule has 4 saturated carbocycles. The molecule has 0 aromatic heterocycles. The van der Waals surface area contributed by atoms with Crippen LogP contribution in [0.15, 0.2) is 11.1 Å². The van der Waals surface area contributed by atoms with Gasteiger partial charge in [-0.25, -0.2) is 0 Å². The molecule has 5 rings (SSSR count). The molecule has 32 heavy (non-hydrogen) atoms. The molecule has 7 atom stereocenters. The van der Waals surface area contributed by atoms with E-state index in [9.17, 15) is 5.11 Å². The van der Waals surface area contributed by atoms with Crippen molar-refractivity contribution in [1.82, 2.24) is 0 Å². The van der Waals surface area contributed by atoms with Crippen LogP contribution in [0.5, 0.6) is 0 Å². The molecule has 0 aromatic carbocycles. The van der Waals surface area contributed by atoms with Crippen molar-refractivity contribution in [3.8, 4) is 0 Å². The van der Waals surface area contributed by atoms with Crippen LogP contribution in [0.4, 0.5) is 0 Å². The smallest absolute Gasteiger partial charge is 0.0599 e. The van der Waals surface area contributed by atoms with Crippen LogP contribution in [0.3, 0.4) is 0 Å². The summed E-state index contributed by atoms with van der Waals surface area (Å²) in [7, 11) is 0. The Morgan fingerprint density at radius 1 is 0.875 bits per heavy atom. The molecule has 5 aliphatic carbocycles. The highest BCUT2D eigenvalue weighted by Crippen LogP contribution is 2.70. The molecule has 4 fully saturated rings. The van der Waals surface area contributed by atoms with E-state index >= 15 is 0 Å². The summed E-state index contributed by atoms with van der Waals surface area (Å²) >= 11 is 0. The summed E-state index contributed by atoms with van der Waals surface area (Å²) < 4.78 is 0. The number of fused-ring (bicyclic) bond motifs is 5. The molecule has 0 bridgehead atoms. The molecule has 0 aromatic rings. The molecule has 5 aliphatic rings. The van der Waals surface area contributed by atoms with Crippen molar-refractivity contribution in [3.63, 3.8) is 0 Å². The van der Waals surface area contributed by atoms with Gasteiger partial charge in [-0.3, -0.25) is 0 Å². The van der Waals surface area contributed by atoms with Gasteiger partial charge in [0.2, 0.25) is 0 Å².